The molecule has 0 heterocycles. The van der Waals surface area contributed by atoms with Gasteiger partial charge in [0, 0.05) is 12.8 Å². The van der Waals surface area contributed by atoms with Gasteiger partial charge in [0.25, 0.3) is 0 Å². The average molecular weight is 729 g/mol. The fourth-order valence-electron chi connectivity index (χ4n) is 5.83. The third kappa shape index (κ3) is 39.3. The number of hydrogen-bond acceptors (Lipinski definition) is 6. The number of allylic oxidation sites excluding steroid dienone is 4. The van der Waals surface area contributed by atoms with Crippen molar-refractivity contribution in [3.63, 3.8) is 0 Å². The van der Waals surface area contributed by atoms with Crippen molar-refractivity contribution in [1.29, 1.82) is 0 Å². The third-order valence-electron chi connectivity index (χ3n) is 8.94. The molecule has 0 saturated heterocycles. The molecule has 0 fully saturated rings. The second-order valence-corrected chi connectivity index (χ2v) is 15.2. The first kappa shape index (κ1) is 48.5. The monoisotopic (exact) mass is 729 g/mol. The summed E-state index contributed by atoms with van der Waals surface area (Å²) in [7, 11) is -4.75. The molecule has 0 aliphatic heterocycles. The molecule has 0 spiro atoms. The van der Waals surface area contributed by atoms with Gasteiger partial charge in [0.2, 0.25) is 0 Å². The summed E-state index contributed by atoms with van der Waals surface area (Å²) >= 11 is 0. The molecule has 0 aromatic rings. The highest BCUT2D eigenvalue weighted by molar-refractivity contribution is 7.46. The minimum atomic E-state index is -4.75. The number of esters is 2. The van der Waals surface area contributed by atoms with Crippen LogP contribution in [0.4, 0.5) is 0 Å². The minimum Gasteiger partial charge on any atom is -0.462 e. The summed E-state index contributed by atoms with van der Waals surface area (Å²) in [6, 6.07) is 0. The summed E-state index contributed by atoms with van der Waals surface area (Å²) in [6.07, 6.45) is 41.8. The normalized spacial score (nSPS) is 12.6. The first-order valence-corrected chi connectivity index (χ1v) is 22.2. The van der Waals surface area contributed by atoms with Gasteiger partial charge in [-0.2, -0.15) is 0 Å². The maximum Gasteiger partial charge on any atom is 0.469 e. The van der Waals surface area contributed by atoms with Gasteiger partial charge in [0.1, 0.15) is 6.61 Å². The number of hydrogen-bond donors (Lipinski definition) is 2. The van der Waals surface area contributed by atoms with Crippen LogP contribution >= 0.6 is 7.82 Å². The minimum absolute atomic E-state index is 0.205. The van der Waals surface area contributed by atoms with Crippen LogP contribution in [-0.4, -0.2) is 41.0 Å². The lowest BCUT2D eigenvalue weighted by molar-refractivity contribution is -0.161. The number of ether oxygens (including phenoxy) is 2. The smallest absolute Gasteiger partial charge is 0.462 e. The topological polar surface area (TPSA) is 119 Å². The van der Waals surface area contributed by atoms with E-state index < -0.39 is 32.5 Å². The van der Waals surface area contributed by atoms with Gasteiger partial charge in [-0.05, 0) is 64.2 Å². The fraction of sp³-hybridized carbons (Fsp3) is 0.854. The highest BCUT2D eigenvalue weighted by atomic mass is 31.2. The van der Waals surface area contributed by atoms with Gasteiger partial charge in [-0.15, -0.1) is 0 Å². The van der Waals surface area contributed by atoms with E-state index in [9.17, 15) is 14.2 Å². The average Bonchev–Trinajstić information content (AvgIpc) is 3.08. The molecule has 0 bridgehead atoms. The largest absolute Gasteiger partial charge is 0.469 e. The highest BCUT2D eigenvalue weighted by Crippen LogP contribution is 2.36. The molecule has 0 unspecified atom stereocenters. The highest BCUT2D eigenvalue weighted by Gasteiger charge is 2.22. The van der Waals surface area contributed by atoms with Crippen LogP contribution in [0.3, 0.4) is 0 Å². The molecule has 0 aliphatic carbocycles. The van der Waals surface area contributed by atoms with Gasteiger partial charge in [-0.3, -0.25) is 14.1 Å². The summed E-state index contributed by atoms with van der Waals surface area (Å²) in [6.45, 7) is 3.67. The van der Waals surface area contributed by atoms with Crippen LogP contribution in [0.25, 0.3) is 0 Å². The summed E-state index contributed by atoms with van der Waals surface area (Å²) in [5, 5.41) is 0. The molecule has 0 rings (SSSR count). The van der Waals surface area contributed by atoms with Gasteiger partial charge in [-0.25, -0.2) is 4.57 Å². The van der Waals surface area contributed by atoms with Crippen LogP contribution in [0.15, 0.2) is 24.3 Å². The van der Waals surface area contributed by atoms with Crippen molar-refractivity contribution in [3.05, 3.63) is 24.3 Å². The Morgan fingerprint density at radius 2 is 0.840 bits per heavy atom. The maximum atomic E-state index is 12.4. The number of carbonyl (C=O) groups is 2. The zero-order valence-corrected chi connectivity index (χ0v) is 33.2. The molecule has 50 heavy (non-hydrogen) atoms. The molecule has 0 aromatic heterocycles. The Bertz CT molecular complexity index is 869. The Morgan fingerprint density at radius 1 is 0.500 bits per heavy atom. The Hall–Kier alpha value is -1.47. The van der Waals surface area contributed by atoms with Gasteiger partial charge in [0.15, 0.2) is 6.10 Å². The second-order valence-electron chi connectivity index (χ2n) is 14.0. The summed E-state index contributed by atoms with van der Waals surface area (Å²) in [5.74, 6) is -0.910. The zero-order valence-electron chi connectivity index (χ0n) is 32.3. The van der Waals surface area contributed by atoms with Gasteiger partial charge >= 0.3 is 19.8 Å². The Morgan fingerprint density at radius 3 is 1.26 bits per heavy atom. The standard InChI is InChI=1S/C41H77O8P/c1-3-5-7-9-11-13-15-17-19-20-22-24-26-28-30-32-34-36-41(43)49-39(38-48-50(44,45)46)37-47-40(42)35-33-31-29-27-25-23-21-18-16-14-12-10-8-6-4-2/h17,19,25,27,39H,3-16,18,20-24,26,28-38H2,1-2H3,(H2,44,45,46)/b19-17+,27-25+/t39-/m1/s1. The Kier molecular flexibility index (Phi) is 36.2. The van der Waals surface area contributed by atoms with Gasteiger partial charge in [-0.1, -0.05) is 154 Å². The molecule has 0 radical (unpaired) electrons. The van der Waals surface area contributed by atoms with Crippen LogP contribution in [0.5, 0.6) is 0 Å². The first-order chi connectivity index (χ1) is 24.3. The molecule has 294 valence electrons. The van der Waals surface area contributed by atoms with Crippen molar-refractivity contribution in [2.24, 2.45) is 0 Å². The van der Waals surface area contributed by atoms with E-state index in [-0.39, 0.29) is 19.4 Å². The lowest BCUT2D eigenvalue weighted by Gasteiger charge is -2.18. The van der Waals surface area contributed by atoms with Crippen molar-refractivity contribution >= 4 is 19.8 Å². The number of rotatable bonds is 38. The van der Waals surface area contributed by atoms with E-state index in [0.29, 0.717) is 12.8 Å². The molecule has 0 aromatic carbocycles. The van der Waals surface area contributed by atoms with Crippen LogP contribution < -0.4 is 0 Å². The van der Waals surface area contributed by atoms with E-state index in [0.717, 1.165) is 44.9 Å². The van der Waals surface area contributed by atoms with E-state index in [1.807, 2.05) is 0 Å². The van der Waals surface area contributed by atoms with Crippen LogP contribution in [0.1, 0.15) is 206 Å². The van der Waals surface area contributed by atoms with Gasteiger partial charge in [0.05, 0.1) is 6.61 Å². The van der Waals surface area contributed by atoms with Crippen LogP contribution in [0, 0.1) is 0 Å². The van der Waals surface area contributed by atoms with Crippen molar-refractivity contribution in [3.8, 4) is 0 Å². The summed E-state index contributed by atoms with van der Waals surface area (Å²) < 4.78 is 26.3. The number of unbranched alkanes of at least 4 members (excludes halogenated alkanes) is 24. The number of phosphoric ester groups is 1. The van der Waals surface area contributed by atoms with Crippen LogP contribution in [0.2, 0.25) is 0 Å². The molecular formula is C41H77O8P. The number of phosphoric acid groups is 1. The maximum absolute atomic E-state index is 12.4. The van der Waals surface area contributed by atoms with E-state index >= 15 is 0 Å². The molecule has 0 amide bonds. The molecule has 8 nitrogen and oxygen atoms in total. The zero-order chi connectivity index (χ0) is 36.8. The molecule has 2 N–H and O–H groups in total. The lowest BCUT2D eigenvalue weighted by Crippen LogP contribution is -2.29. The fourth-order valence-corrected chi connectivity index (χ4v) is 6.19. The van der Waals surface area contributed by atoms with Crippen molar-refractivity contribution < 1.29 is 37.9 Å². The SMILES string of the molecule is CCCCCCCC/C=C/CCCCCCCCCC(=O)O[C@H](COC(=O)CCCC/C=C/CCCCCCCCCCC)COP(=O)(O)O. The molecule has 1 atom stereocenters. The number of carbonyl (C=O) groups excluding carboxylic acids is 2. The molecule has 0 aliphatic rings. The second kappa shape index (κ2) is 37.3. The quantitative estimate of drug-likeness (QED) is 0.0279. The summed E-state index contributed by atoms with van der Waals surface area (Å²) in [5.41, 5.74) is 0. The first-order valence-electron chi connectivity index (χ1n) is 20.6. The summed E-state index contributed by atoms with van der Waals surface area (Å²) in [4.78, 5) is 42.8. The third-order valence-corrected chi connectivity index (χ3v) is 9.43. The van der Waals surface area contributed by atoms with E-state index in [4.69, 9.17) is 19.3 Å². The van der Waals surface area contributed by atoms with Crippen molar-refractivity contribution in [1.82, 2.24) is 0 Å². The van der Waals surface area contributed by atoms with E-state index in [1.165, 1.54) is 122 Å². The van der Waals surface area contributed by atoms with Crippen molar-refractivity contribution in [2.45, 2.75) is 213 Å². The Balaban J connectivity index is 3.94. The van der Waals surface area contributed by atoms with Crippen LogP contribution in [-0.2, 0) is 28.2 Å². The van der Waals surface area contributed by atoms with Crippen molar-refractivity contribution in [2.75, 3.05) is 13.2 Å². The predicted octanol–water partition coefficient (Wildman–Crippen LogP) is 12.4. The molecular weight excluding hydrogens is 651 g/mol. The molecule has 0 saturated carbocycles. The van der Waals surface area contributed by atoms with E-state index in [2.05, 4.69) is 42.7 Å². The Labute approximate surface area is 307 Å². The lowest BCUT2D eigenvalue weighted by atomic mass is 10.1. The molecule has 9 heteroatoms. The van der Waals surface area contributed by atoms with E-state index in [1.54, 1.807) is 0 Å². The van der Waals surface area contributed by atoms with Gasteiger partial charge < -0.3 is 19.3 Å². The predicted molar refractivity (Wildman–Crippen MR) is 207 cm³/mol.